The van der Waals surface area contributed by atoms with E-state index in [-0.39, 0.29) is 11.7 Å². The standard InChI is InChI=1S/C18H15FN2O3S2/c1-10-3-4-11(8-13(10)19)7-12-9-20-18(25-12)21-16(22)14-5-6-15(26-14)17(23)24-2/h3-6,8-9H,7H2,1-2H3,(H,20,21,22). The van der Waals surface area contributed by atoms with Gasteiger partial charge in [0.15, 0.2) is 5.13 Å². The second-order valence-electron chi connectivity index (χ2n) is 5.50. The van der Waals surface area contributed by atoms with Crippen molar-refractivity contribution in [2.45, 2.75) is 13.3 Å². The summed E-state index contributed by atoms with van der Waals surface area (Å²) in [7, 11) is 1.29. The van der Waals surface area contributed by atoms with Crippen LogP contribution in [0.4, 0.5) is 9.52 Å². The molecule has 2 aromatic heterocycles. The third kappa shape index (κ3) is 4.14. The minimum absolute atomic E-state index is 0.236. The van der Waals surface area contributed by atoms with Crippen LogP contribution in [0.1, 0.15) is 35.3 Å². The van der Waals surface area contributed by atoms with Crippen LogP contribution in [0, 0.1) is 12.7 Å². The Morgan fingerprint density at radius 3 is 2.69 bits per heavy atom. The summed E-state index contributed by atoms with van der Waals surface area (Å²) in [5.41, 5.74) is 1.45. The number of thiophene rings is 1. The molecule has 0 fully saturated rings. The zero-order chi connectivity index (χ0) is 18.7. The summed E-state index contributed by atoms with van der Waals surface area (Å²) in [6, 6.07) is 8.23. The zero-order valence-corrected chi connectivity index (χ0v) is 15.7. The van der Waals surface area contributed by atoms with Gasteiger partial charge in [0.2, 0.25) is 0 Å². The van der Waals surface area contributed by atoms with Gasteiger partial charge in [0, 0.05) is 17.5 Å². The van der Waals surface area contributed by atoms with E-state index >= 15 is 0 Å². The summed E-state index contributed by atoms with van der Waals surface area (Å²) in [5.74, 6) is -1.05. The first-order chi connectivity index (χ1) is 12.5. The van der Waals surface area contributed by atoms with Gasteiger partial charge in [-0.05, 0) is 36.2 Å². The monoisotopic (exact) mass is 390 g/mol. The molecule has 0 aliphatic carbocycles. The molecule has 0 atom stereocenters. The van der Waals surface area contributed by atoms with Crippen LogP contribution in [0.3, 0.4) is 0 Å². The van der Waals surface area contributed by atoms with Gasteiger partial charge in [-0.15, -0.1) is 22.7 Å². The number of hydrogen-bond donors (Lipinski definition) is 1. The van der Waals surface area contributed by atoms with Gasteiger partial charge in [-0.1, -0.05) is 12.1 Å². The van der Waals surface area contributed by atoms with Crippen molar-refractivity contribution in [3.63, 3.8) is 0 Å². The van der Waals surface area contributed by atoms with Gasteiger partial charge in [-0.2, -0.15) is 0 Å². The molecule has 3 aromatic rings. The lowest BCUT2D eigenvalue weighted by Gasteiger charge is -2.01. The molecule has 0 aliphatic heterocycles. The lowest BCUT2D eigenvalue weighted by atomic mass is 10.1. The number of aryl methyl sites for hydroxylation is 1. The summed E-state index contributed by atoms with van der Waals surface area (Å²) < 4.78 is 18.3. The molecule has 1 aromatic carbocycles. The molecule has 3 rings (SSSR count). The molecule has 0 spiro atoms. The van der Waals surface area contributed by atoms with Crippen molar-refractivity contribution in [3.05, 3.63) is 68.1 Å². The molecule has 1 amide bonds. The lowest BCUT2D eigenvalue weighted by molar-refractivity contribution is 0.0606. The topological polar surface area (TPSA) is 68.3 Å². The van der Waals surface area contributed by atoms with E-state index in [0.717, 1.165) is 21.8 Å². The highest BCUT2D eigenvalue weighted by Gasteiger charge is 2.15. The van der Waals surface area contributed by atoms with Crippen molar-refractivity contribution >= 4 is 39.7 Å². The number of rotatable bonds is 5. The van der Waals surface area contributed by atoms with E-state index in [2.05, 4.69) is 15.0 Å². The lowest BCUT2D eigenvalue weighted by Crippen LogP contribution is -2.09. The van der Waals surface area contributed by atoms with E-state index in [9.17, 15) is 14.0 Å². The Kier molecular flexibility index (Phi) is 5.43. The van der Waals surface area contributed by atoms with Gasteiger partial charge in [0.05, 0.1) is 12.0 Å². The maximum absolute atomic E-state index is 13.6. The van der Waals surface area contributed by atoms with Gasteiger partial charge in [-0.25, -0.2) is 14.2 Å². The van der Waals surface area contributed by atoms with Crippen molar-refractivity contribution in [2.75, 3.05) is 12.4 Å². The fourth-order valence-electron chi connectivity index (χ4n) is 2.22. The largest absolute Gasteiger partial charge is 0.465 e. The maximum atomic E-state index is 13.6. The van der Waals surface area contributed by atoms with Crippen molar-refractivity contribution in [1.29, 1.82) is 0 Å². The number of nitrogens with zero attached hydrogens (tertiary/aromatic N) is 1. The van der Waals surface area contributed by atoms with Crippen LogP contribution in [-0.2, 0) is 11.2 Å². The minimum atomic E-state index is -0.476. The number of nitrogens with one attached hydrogen (secondary N) is 1. The first-order valence-electron chi connectivity index (χ1n) is 7.65. The Labute approximate surface area is 157 Å². The fraction of sp³-hybridized carbons (Fsp3) is 0.167. The molecule has 5 nitrogen and oxygen atoms in total. The van der Waals surface area contributed by atoms with E-state index in [4.69, 9.17) is 0 Å². The average Bonchev–Trinajstić information content (AvgIpc) is 3.27. The molecule has 1 N–H and O–H groups in total. The SMILES string of the molecule is COC(=O)c1ccc(C(=O)Nc2ncc(Cc3ccc(C)c(F)c3)s2)s1. The van der Waals surface area contributed by atoms with Crippen LogP contribution >= 0.6 is 22.7 Å². The summed E-state index contributed by atoms with van der Waals surface area (Å²) in [4.78, 5) is 29.5. The Balaban J connectivity index is 1.66. The van der Waals surface area contributed by atoms with Crippen molar-refractivity contribution in [2.24, 2.45) is 0 Å². The van der Waals surface area contributed by atoms with Crippen LogP contribution in [-0.4, -0.2) is 24.0 Å². The van der Waals surface area contributed by atoms with Crippen LogP contribution in [0.2, 0.25) is 0 Å². The molecule has 0 unspecified atom stereocenters. The second kappa shape index (κ2) is 7.76. The van der Waals surface area contributed by atoms with Crippen LogP contribution in [0.15, 0.2) is 36.5 Å². The summed E-state index contributed by atoms with van der Waals surface area (Å²) >= 11 is 2.38. The molecule has 0 saturated carbocycles. The van der Waals surface area contributed by atoms with Gasteiger partial charge in [0.25, 0.3) is 5.91 Å². The number of amides is 1. The van der Waals surface area contributed by atoms with Crippen molar-refractivity contribution in [1.82, 2.24) is 4.98 Å². The van der Waals surface area contributed by atoms with E-state index in [0.29, 0.717) is 26.9 Å². The molecule has 0 saturated heterocycles. The van der Waals surface area contributed by atoms with E-state index in [1.54, 1.807) is 31.3 Å². The average molecular weight is 390 g/mol. The second-order valence-corrected chi connectivity index (χ2v) is 7.70. The number of halogens is 1. The Hall–Kier alpha value is -2.58. The summed E-state index contributed by atoms with van der Waals surface area (Å²) in [6.07, 6.45) is 2.20. The molecular weight excluding hydrogens is 375 g/mol. The van der Waals surface area contributed by atoms with Crippen LogP contribution in [0.25, 0.3) is 0 Å². The fourth-order valence-corrected chi connectivity index (χ4v) is 3.88. The Bertz CT molecular complexity index is 965. The molecule has 0 radical (unpaired) electrons. The highest BCUT2D eigenvalue weighted by molar-refractivity contribution is 7.17. The van der Waals surface area contributed by atoms with Crippen LogP contribution in [0.5, 0.6) is 0 Å². The molecule has 134 valence electrons. The number of ether oxygens (including phenoxy) is 1. The first kappa shape index (κ1) is 18.2. The number of hydrogen-bond acceptors (Lipinski definition) is 6. The summed E-state index contributed by atoms with van der Waals surface area (Å²) in [6.45, 7) is 1.72. The molecule has 8 heteroatoms. The van der Waals surface area contributed by atoms with E-state index < -0.39 is 5.97 Å². The van der Waals surface area contributed by atoms with Gasteiger partial charge in [-0.3, -0.25) is 10.1 Å². The third-order valence-corrected chi connectivity index (χ3v) is 5.58. The number of anilines is 1. The zero-order valence-electron chi connectivity index (χ0n) is 14.0. The van der Waals surface area contributed by atoms with E-state index in [1.807, 2.05) is 6.07 Å². The Morgan fingerprint density at radius 1 is 1.19 bits per heavy atom. The molecule has 0 bridgehead atoms. The highest BCUT2D eigenvalue weighted by atomic mass is 32.1. The van der Waals surface area contributed by atoms with Gasteiger partial charge in [0.1, 0.15) is 10.7 Å². The number of methoxy groups -OCH3 is 1. The number of aromatic nitrogens is 1. The molecule has 26 heavy (non-hydrogen) atoms. The summed E-state index contributed by atoms with van der Waals surface area (Å²) in [5, 5.41) is 3.16. The Morgan fingerprint density at radius 2 is 1.96 bits per heavy atom. The minimum Gasteiger partial charge on any atom is -0.465 e. The molecule has 2 heterocycles. The first-order valence-corrected chi connectivity index (χ1v) is 9.29. The number of benzene rings is 1. The van der Waals surface area contributed by atoms with Crippen LogP contribution < -0.4 is 5.32 Å². The normalized spacial score (nSPS) is 10.6. The molecule has 0 aliphatic rings. The quantitative estimate of drug-likeness (QED) is 0.660. The number of thiazole rings is 1. The number of esters is 1. The van der Waals surface area contributed by atoms with Crippen molar-refractivity contribution in [3.8, 4) is 0 Å². The smallest absolute Gasteiger partial charge is 0.348 e. The predicted octanol–water partition coefficient (Wildman–Crippen LogP) is 4.28. The molecular formula is C18H15FN2O3S2. The van der Waals surface area contributed by atoms with E-state index in [1.165, 1.54) is 24.5 Å². The van der Waals surface area contributed by atoms with Gasteiger partial charge >= 0.3 is 5.97 Å². The van der Waals surface area contributed by atoms with Gasteiger partial charge < -0.3 is 4.74 Å². The predicted molar refractivity (Wildman–Crippen MR) is 99.7 cm³/mol. The number of carbonyl (C=O) groups is 2. The third-order valence-electron chi connectivity index (χ3n) is 3.60. The highest BCUT2D eigenvalue weighted by Crippen LogP contribution is 2.24. The van der Waals surface area contributed by atoms with Crippen molar-refractivity contribution < 1.29 is 18.7 Å². The number of carbonyl (C=O) groups excluding carboxylic acids is 2. The maximum Gasteiger partial charge on any atom is 0.348 e.